The van der Waals surface area contributed by atoms with Crippen LogP contribution in [0.4, 0.5) is 10.2 Å². The van der Waals surface area contributed by atoms with Crippen LogP contribution in [0.5, 0.6) is 0 Å². The molecule has 3 heterocycles. The summed E-state index contributed by atoms with van der Waals surface area (Å²) in [7, 11) is 0. The maximum atomic E-state index is 14.1. The number of rotatable bonds is 3. The summed E-state index contributed by atoms with van der Waals surface area (Å²) in [4.78, 5) is 36.2. The van der Waals surface area contributed by atoms with Gasteiger partial charge in [0, 0.05) is 51.4 Å². The number of piperidine rings is 1. The van der Waals surface area contributed by atoms with Crippen molar-refractivity contribution in [2.24, 2.45) is 11.3 Å². The topological polar surface area (TPSA) is 56.8 Å². The number of anilines is 1. The van der Waals surface area contributed by atoms with Gasteiger partial charge in [0.15, 0.2) is 0 Å². The second kappa shape index (κ2) is 8.35. The molecule has 6 nitrogen and oxygen atoms in total. The molecule has 2 aliphatic heterocycles. The van der Waals surface area contributed by atoms with Crippen LogP contribution in [0.25, 0.3) is 0 Å². The third-order valence-electron chi connectivity index (χ3n) is 7.28. The van der Waals surface area contributed by atoms with Crippen molar-refractivity contribution >= 4 is 29.2 Å². The molecule has 5 rings (SSSR count). The third-order valence-corrected chi connectivity index (χ3v) is 7.59. The maximum Gasteiger partial charge on any atom is 0.258 e. The average Bonchev–Trinajstić information content (AvgIpc) is 3.52. The summed E-state index contributed by atoms with van der Waals surface area (Å²) in [5.41, 5.74) is -0.0651. The molecular formula is C24H26ClFN4O2. The van der Waals surface area contributed by atoms with E-state index >= 15 is 0 Å². The van der Waals surface area contributed by atoms with Crippen LogP contribution in [0.3, 0.4) is 0 Å². The van der Waals surface area contributed by atoms with Crippen molar-refractivity contribution in [1.82, 2.24) is 14.8 Å². The van der Waals surface area contributed by atoms with Crippen LogP contribution in [-0.2, 0) is 4.79 Å². The van der Waals surface area contributed by atoms with E-state index in [4.69, 9.17) is 11.6 Å². The van der Waals surface area contributed by atoms with Gasteiger partial charge in [-0.1, -0.05) is 23.7 Å². The highest BCUT2D eigenvalue weighted by atomic mass is 35.5. The minimum absolute atomic E-state index is 0.00892. The molecule has 8 heteroatoms. The normalized spacial score (nSPS) is 22.2. The van der Waals surface area contributed by atoms with Crippen molar-refractivity contribution < 1.29 is 14.0 Å². The summed E-state index contributed by atoms with van der Waals surface area (Å²) < 4.78 is 14.1. The Kier molecular flexibility index (Phi) is 5.53. The lowest BCUT2D eigenvalue weighted by Gasteiger charge is -2.37. The van der Waals surface area contributed by atoms with Crippen LogP contribution < -0.4 is 4.90 Å². The minimum atomic E-state index is -0.591. The molecule has 0 N–H and O–H groups in total. The summed E-state index contributed by atoms with van der Waals surface area (Å²) in [6.45, 7) is 4.04. The highest BCUT2D eigenvalue weighted by Gasteiger charge is 2.59. The molecule has 1 saturated carbocycles. The highest BCUT2D eigenvalue weighted by Crippen LogP contribution is 2.60. The number of pyridine rings is 1. The number of aromatic nitrogens is 1. The van der Waals surface area contributed by atoms with Crippen molar-refractivity contribution in [3.8, 4) is 0 Å². The number of halogens is 2. The number of benzene rings is 1. The molecule has 3 aliphatic rings. The number of piperazine rings is 1. The number of nitrogens with zero attached hydrogens (tertiary/aromatic N) is 4. The molecule has 2 saturated heterocycles. The van der Waals surface area contributed by atoms with E-state index < -0.39 is 5.82 Å². The monoisotopic (exact) mass is 456 g/mol. The van der Waals surface area contributed by atoms with Gasteiger partial charge in [0.2, 0.25) is 5.91 Å². The molecule has 2 aromatic rings. The van der Waals surface area contributed by atoms with Gasteiger partial charge in [-0.25, -0.2) is 9.37 Å². The Morgan fingerprint density at radius 1 is 0.969 bits per heavy atom. The van der Waals surface area contributed by atoms with Crippen molar-refractivity contribution in [3.63, 3.8) is 0 Å². The largest absolute Gasteiger partial charge is 0.353 e. The van der Waals surface area contributed by atoms with Gasteiger partial charge in [-0.15, -0.1) is 0 Å². The lowest BCUT2D eigenvalue weighted by molar-refractivity contribution is -0.134. The van der Waals surface area contributed by atoms with Gasteiger partial charge in [0.1, 0.15) is 11.6 Å². The SMILES string of the molecule is O=C(c1c(F)cccc1Cl)N1CCC2(CC1)C[C@@H]2C(=O)N1CCN(c2ccccn2)CC1. The summed E-state index contributed by atoms with van der Waals surface area (Å²) in [5, 5.41) is 0.139. The van der Waals surface area contributed by atoms with Gasteiger partial charge in [-0.05, 0) is 48.9 Å². The number of carbonyl (C=O) groups is 2. The Bertz CT molecular complexity index is 998. The average molecular weight is 457 g/mol. The molecule has 1 atom stereocenters. The van der Waals surface area contributed by atoms with Gasteiger partial charge in [-0.2, -0.15) is 0 Å². The van der Waals surface area contributed by atoms with E-state index in [2.05, 4.69) is 9.88 Å². The van der Waals surface area contributed by atoms with E-state index in [1.165, 1.54) is 18.2 Å². The van der Waals surface area contributed by atoms with Crippen LogP contribution in [0, 0.1) is 17.2 Å². The van der Waals surface area contributed by atoms with E-state index in [0.29, 0.717) is 26.2 Å². The zero-order chi connectivity index (χ0) is 22.3. The molecule has 0 bridgehead atoms. The van der Waals surface area contributed by atoms with Crippen LogP contribution in [0.2, 0.25) is 5.02 Å². The Morgan fingerprint density at radius 2 is 1.72 bits per heavy atom. The predicted octanol–water partition coefficient (Wildman–Crippen LogP) is 3.47. The van der Waals surface area contributed by atoms with Gasteiger partial charge >= 0.3 is 0 Å². The summed E-state index contributed by atoms with van der Waals surface area (Å²) in [5.74, 6) is 0.277. The number of hydrogen-bond acceptors (Lipinski definition) is 4. The second-order valence-corrected chi connectivity index (χ2v) is 9.42. The van der Waals surface area contributed by atoms with Crippen molar-refractivity contribution in [1.29, 1.82) is 0 Å². The Balaban J connectivity index is 1.15. The van der Waals surface area contributed by atoms with E-state index in [0.717, 1.165) is 38.2 Å². The summed E-state index contributed by atoms with van der Waals surface area (Å²) in [6.07, 6.45) is 4.22. The first-order chi connectivity index (χ1) is 15.5. The molecule has 2 amide bonds. The molecule has 0 radical (unpaired) electrons. The molecular weight excluding hydrogens is 431 g/mol. The lowest BCUT2D eigenvalue weighted by atomic mass is 9.90. The third kappa shape index (κ3) is 3.83. The second-order valence-electron chi connectivity index (χ2n) is 9.01. The van der Waals surface area contributed by atoms with Gasteiger partial charge in [0.25, 0.3) is 5.91 Å². The fourth-order valence-corrected chi connectivity index (χ4v) is 5.43. The Labute approximate surface area is 192 Å². The van der Waals surface area contributed by atoms with Crippen molar-refractivity contribution in [2.75, 3.05) is 44.2 Å². The van der Waals surface area contributed by atoms with Crippen molar-refractivity contribution in [3.05, 3.63) is 59.0 Å². The highest BCUT2D eigenvalue weighted by molar-refractivity contribution is 6.33. The first-order valence-corrected chi connectivity index (χ1v) is 11.5. The number of carbonyl (C=O) groups excluding carboxylic acids is 2. The number of likely N-dealkylation sites (tertiary alicyclic amines) is 1. The number of hydrogen-bond donors (Lipinski definition) is 0. The lowest BCUT2D eigenvalue weighted by Crippen LogP contribution is -2.50. The quantitative estimate of drug-likeness (QED) is 0.709. The Morgan fingerprint density at radius 3 is 2.38 bits per heavy atom. The molecule has 1 aromatic carbocycles. The fraction of sp³-hybridized carbons (Fsp3) is 0.458. The first kappa shape index (κ1) is 21.2. The van der Waals surface area contributed by atoms with E-state index in [9.17, 15) is 14.0 Å². The van der Waals surface area contributed by atoms with Gasteiger partial charge in [-0.3, -0.25) is 9.59 Å². The van der Waals surface area contributed by atoms with Crippen molar-refractivity contribution in [2.45, 2.75) is 19.3 Å². The maximum absolute atomic E-state index is 14.1. The standard InChI is InChI=1S/C24H26ClFN4O2/c25-18-4-3-5-19(26)21(18)23(32)29-10-7-24(8-11-29)16-17(24)22(31)30-14-12-28(13-15-30)20-6-1-2-9-27-20/h1-6,9,17H,7-8,10-16H2/t17-/m1/s1. The molecule has 168 valence electrons. The summed E-state index contributed by atoms with van der Waals surface area (Å²) in [6, 6.07) is 10.2. The van der Waals surface area contributed by atoms with E-state index in [1.54, 1.807) is 11.1 Å². The molecule has 1 aromatic heterocycles. The van der Waals surface area contributed by atoms with Gasteiger partial charge in [0.05, 0.1) is 10.6 Å². The zero-order valence-corrected chi connectivity index (χ0v) is 18.6. The fourth-order valence-electron chi connectivity index (χ4n) is 5.18. The predicted molar refractivity (Wildman–Crippen MR) is 120 cm³/mol. The molecule has 1 spiro atoms. The molecule has 0 unspecified atom stereocenters. The molecule has 1 aliphatic carbocycles. The molecule has 3 fully saturated rings. The van der Waals surface area contributed by atoms with Crippen LogP contribution in [0.15, 0.2) is 42.6 Å². The smallest absolute Gasteiger partial charge is 0.258 e. The molecule has 32 heavy (non-hydrogen) atoms. The van der Waals surface area contributed by atoms with Crippen LogP contribution in [-0.4, -0.2) is 65.9 Å². The van der Waals surface area contributed by atoms with Crippen LogP contribution in [0.1, 0.15) is 29.6 Å². The van der Waals surface area contributed by atoms with E-state index in [-0.39, 0.29) is 33.7 Å². The van der Waals surface area contributed by atoms with Crippen LogP contribution >= 0.6 is 11.6 Å². The Hall–Kier alpha value is -2.67. The zero-order valence-electron chi connectivity index (χ0n) is 17.8. The summed E-state index contributed by atoms with van der Waals surface area (Å²) >= 11 is 6.07. The minimum Gasteiger partial charge on any atom is -0.353 e. The van der Waals surface area contributed by atoms with E-state index in [1.807, 2.05) is 23.1 Å². The number of amides is 2. The first-order valence-electron chi connectivity index (χ1n) is 11.2. The van der Waals surface area contributed by atoms with Gasteiger partial charge < -0.3 is 14.7 Å².